The Balaban J connectivity index is 2.56. The highest BCUT2D eigenvalue weighted by atomic mass is 16.2. The SMILES string of the molecule is C=CCN1C(=O)C(=O)N(CC(=O)NC[C@@H](C)NCC)C1=O. The van der Waals surface area contributed by atoms with Gasteiger partial charge in [0.1, 0.15) is 6.54 Å². The van der Waals surface area contributed by atoms with E-state index in [0.717, 1.165) is 11.4 Å². The van der Waals surface area contributed by atoms with E-state index < -0.39 is 30.3 Å². The van der Waals surface area contributed by atoms with Crippen LogP contribution in [0.4, 0.5) is 4.79 Å². The molecule has 116 valence electrons. The molecular formula is C13H20N4O4. The van der Waals surface area contributed by atoms with Gasteiger partial charge in [-0.25, -0.2) is 9.69 Å². The highest BCUT2D eigenvalue weighted by molar-refractivity contribution is 6.45. The minimum absolute atomic E-state index is 0.0566. The number of carbonyl (C=O) groups excluding carboxylic acids is 4. The van der Waals surface area contributed by atoms with Crippen molar-refractivity contribution in [2.24, 2.45) is 0 Å². The molecule has 0 saturated carbocycles. The lowest BCUT2D eigenvalue weighted by Gasteiger charge is -2.16. The van der Waals surface area contributed by atoms with Crippen LogP contribution in [0.1, 0.15) is 13.8 Å². The van der Waals surface area contributed by atoms with Gasteiger partial charge in [-0.1, -0.05) is 13.0 Å². The summed E-state index contributed by atoms with van der Waals surface area (Å²) >= 11 is 0. The number of likely N-dealkylation sites (N-methyl/N-ethyl adjacent to an activating group) is 1. The lowest BCUT2D eigenvalue weighted by Crippen LogP contribution is -2.45. The Kier molecular flexibility index (Phi) is 6.04. The van der Waals surface area contributed by atoms with E-state index in [1.807, 2.05) is 13.8 Å². The van der Waals surface area contributed by atoms with Gasteiger partial charge in [-0.2, -0.15) is 0 Å². The van der Waals surface area contributed by atoms with Crippen molar-refractivity contribution in [2.45, 2.75) is 19.9 Å². The van der Waals surface area contributed by atoms with Crippen LogP contribution in [0, 0.1) is 0 Å². The molecule has 0 aromatic carbocycles. The molecule has 0 radical (unpaired) electrons. The number of imide groups is 2. The van der Waals surface area contributed by atoms with E-state index in [1.165, 1.54) is 6.08 Å². The highest BCUT2D eigenvalue weighted by Crippen LogP contribution is 2.11. The van der Waals surface area contributed by atoms with Gasteiger partial charge in [-0.05, 0) is 13.5 Å². The molecular weight excluding hydrogens is 276 g/mol. The van der Waals surface area contributed by atoms with Crippen LogP contribution in [0.15, 0.2) is 12.7 Å². The summed E-state index contributed by atoms with van der Waals surface area (Å²) < 4.78 is 0. The summed E-state index contributed by atoms with van der Waals surface area (Å²) in [7, 11) is 0. The smallest absolute Gasteiger partial charge is 0.335 e. The normalized spacial score (nSPS) is 16.4. The van der Waals surface area contributed by atoms with Gasteiger partial charge in [0.05, 0.1) is 0 Å². The molecule has 8 nitrogen and oxygen atoms in total. The monoisotopic (exact) mass is 296 g/mol. The van der Waals surface area contributed by atoms with Crippen molar-refractivity contribution >= 4 is 23.8 Å². The molecule has 1 saturated heterocycles. The fraction of sp³-hybridized carbons (Fsp3) is 0.538. The summed E-state index contributed by atoms with van der Waals surface area (Å²) in [6.45, 7) is 7.86. The largest absolute Gasteiger partial charge is 0.353 e. The molecule has 8 heteroatoms. The predicted octanol–water partition coefficient (Wildman–Crippen LogP) is -0.923. The first kappa shape index (κ1) is 16.8. The van der Waals surface area contributed by atoms with Gasteiger partial charge in [0.15, 0.2) is 0 Å². The quantitative estimate of drug-likeness (QED) is 0.343. The molecule has 1 aliphatic heterocycles. The van der Waals surface area contributed by atoms with Gasteiger partial charge in [0.25, 0.3) is 0 Å². The molecule has 0 aliphatic carbocycles. The second-order valence-electron chi connectivity index (χ2n) is 4.64. The standard InChI is InChI=1S/C13H20N4O4/c1-4-6-16-11(19)12(20)17(13(16)21)8-10(18)15-7-9(3)14-5-2/h4,9,14H,1,5-8H2,2-3H3,(H,15,18)/t9-/m1/s1. The Labute approximate surface area is 123 Å². The van der Waals surface area contributed by atoms with E-state index in [0.29, 0.717) is 11.4 Å². The molecule has 1 atom stereocenters. The molecule has 1 rings (SSSR count). The predicted molar refractivity (Wildman–Crippen MR) is 75.2 cm³/mol. The molecule has 0 aromatic heterocycles. The number of hydrogen-bond acceptors (Lipinski definition) is 5. The first-order valence-electron chi connectivity index (χ1n) is 6.70. The van der Waals surface area contributed by atoms with Gasteiger partial charge in [-0.3, -0.25) is 19.3 Å². The Hall–Kier alpha value is -2.22. The van der Waals surface area contributed by atoms with Crippen LogP contribution in [-0.4, -0.2) is 65.8 Å². The minimum Gasteiger partial charge on any atom is -0.353 e. The topological polar surface area (TPSA) is 98.8 Å². The summed E-state index contributed by atoms with van der Waals surface area (Å²) in [5.41, 5.74) is 0. The Morgan fingerprint density at radius 1 is 1.29 bits per heavy atom. The Bertz CT molecular complexity index is 463. The first-order valence-corrected chi connectivity index (χ1v) is 6.70. The number of rotatable bonds is 8. The molecule has 21 heavy (non-hydrogen) atoms. The maximum absolute atomic E-state index is 11.9. The number of hydrogen-bond donors (Lipinski definition) is 2. The van der Waals surface area contributed by atoms with Crippen molar-refractivity contribution in [3.63, 3.8) is 0 Å². The molecule has 0 aromatic rings. The fourth-order valence-electron chi connectivity index (χ4n) is 1.87. The van der Waals surface area contributed by atoms with Gasteiger partial charge in [0.2, 0.25) is 5.91 Å². The van der Waals surface area contributed by atoms with Crippen LogP contribution in [0.25, 0.3) is 0 Å². The zero-order valence-corrected chi connectivity index (χ0v) is 12.2. The third-order valence-electron chi connectivity index (χ3n) is 2.91. The molecule has 0 unspecified atom stereocenters. The van der Waals surface area contributed by atoms with Gasteiger partial charge in [0, 0.05) is 19.1 Å². The van der Waals surface area contributed by atoms with Crippen LogP contribution >= 0.6 is 0 Å². The van der Waals surface area contributed by atoms with Crippen LogP contribution in [0.3, 0.4) is 0 Å². The second kappa shape index (κ2) is 7.53. The average molecular weight is 296 g/mol. The Morgan fingerprint density at radius 2 is 1.90 bits per heavy atom. The maximum atomic E-state index is 11.9. The van der Waals surface area contributed by atoms with Gasteiger partial charge >= 0.3 is 17.8 Å². The number of nitrogens with zero attached hydrogens (tertiary/aromatic N) is 2. The summed E-state index contributed by atoms with van der Waals surface area (Å²) in [6, 6.07) is -0.720. The van der Waals surface area contributed by atoms with Crippen molar-refractivity contribution in [2.75, 3.05) is 26.2 Å². The molecule has 0 bridgehead atoms. The van der Waals surface area contributed by atoms with E-state index in [4.69, 9.17) is 0 Å². The molecule has 2 N–H and O–H groups in total. The maximum Gasteiger partial charge on any atom is 0.335 e. The third kappa shape index (κ3) is 4.12. The highest BCUT2D eigenvalue weighted by Gasteiger charge is 2.44. The summed E-state index contributed by atoms with van der Waals surface area (Å²) in [5.74, 6) is -2.42. The average Bonchev–Trinajstić information content (AvgIpc) is 2.63. The van der Waals surface area contributed by atoms with Gasteiger partial charge < -0.3 is 10.6 Å². The van der Waals surface area contributed by atoms with Crippen molar-refractivity contribution in [3.05, 3.63) is 12.7 Å². The molecule has 0 spiro atoms. The molecule has 1 aliphatic rings. The van der Waals surface area contributed by atoms with Crippen molar-refractivity contribution in [3.8, 4) is 0 Å². The van der Waals surface area contributed by atoms with Crippen molar-refractivity contribution in [1.29, 1.82) is 0 Å². The zero-order chi connectivity index (χ0) is 16.0. The summed E-state index contributed by atoms with van der Waals surface area (Å²) in [6.07, 6.45) is 1.34. The lowest BCUT2D eigenvalue weighted by molar-refractivity contribution is -0.143. The van der Waals surface area contributed by atoms with Crippen LogP contribution in [0.5, 0.6) is 0 Å². The zero-order valence-electron chi connectivity index (χ0n) is 12.2. The molecule has 5 amide bonds. The van der Waals surface area contributed by atoms with Crippen molar-refractivity contribution in [1.82, 2.24) is 20.4 Å². The lowest BCUT2D eigenvalue weighted by atomic mass is 10.3. The van der Waals surface area contributed by atoms with E-state index in [2.05, 4.69) is 17.2 Å². The fourth-order valence-corrected chi connectivity index (χ4v) is 1.87. The number of nitrogens with one attached hydrogen (secondary N) is 2. The first-order chi connectivity index (χ1) is 9.92. The van der Waals surface area contributed by atoms with Crippen molar-refractivity contribution < 1.29 is 19.2 Å². The number of carbonyl (C=O) groups is 4. The second-order valence-corrected chi connectivity index (χ2v) is 4.64. The molecule has 1 fully saturated rings. The Morgan fingerprint density at radius 3 is 2.48 bits per heavy atom. The number of urea groups is 1. The minimum atomic E-state index is -0.989. The van der Waals surface area contributed by atoms with E-state index in [-0.39, 0.29) is 12.6 Å². The van der Waals surface area contributed by atoms with E-state index in [1.54, 1.807) is 0 Å². The van der Waals surface area contributed by atoms with E-state index >= 15 is 0 Å². The van der Waals surface area contributed by atoms with Gasteiger partial charge in [-0.15, -0.1) is 6.58 Å². The summed E-state index contributed by atoms with van der Waals surface area (Å²) in [5, 5.41) is 5.71. The summed E-state index contributed by atoms with van der Waals surface area (Å²) in [4.78, 5) is 48.2. The number of amides is 5. The van der Waals surface area contributed by atoms with E-state index in [9.17, 15) is 19.2 Å². The third-order valence-corrected chi connectivity index (χ3v) is 2.91. The van der Waals surface area contributed by atoms with Crippen LogP contribution in [-0.2, 0) is 14.4 Å². The van der Waals surface area contributed by atoms with Crippen LogP contribution < -0.4 is 10.6 Å². The van der Waals surface area contributed by atoms with Crippen LogP contribution in [0.2, 0.25) is 0 Å². The molecule has 1 heterocycles.